The molecule has 9 nitrogen and oxygen atoms in total. The fraction of sp³-hybridized carbons (Fsp3) is 0.286. The number of amidine groups is 2. The number of amides is 2. The molecule has 12 heteroatoms. The van der Waals surface area contributed by atoms with Gasteiger partial charge in [-0.05, 0) is 48.9 Å². The van der Waals surface area contributed by atoms with Gasteiger partial charge in [-0.2, -0.15) is 0 Å². The Bertz CT molecular complexity index is 1050. The number of pyridine rings is 1. The Morgan fingerprint density at radius 2 is 1.85 bits per heavy atom. The average molecular weight is 601 g/mol. The lowest BCUT2D eigenvalue weighted by Gasteiger charge is -2.26. The molecule has 1 aromatic carbocycles. The summed E-state index contributed by atoms with van der Waals surface area (Å²) in [6.45, 7) is 3.82. The van der Waals surface area contributed by atoms with Crippen LogP contribution in [0, 0.1) is 5.41 Å². The number of halogens is 3. The third kappa shape index (κ3) is 7.32. The lowest BCUT2D eigenvalue weighted by molar-refractivity contribution is 0.0302. The fourth-order valence-corrected chi connectivity index (χ4v) is 4.43. The molecule has 1 fully saturated rings. The van der Waals surface area contributed by atoms with E-state index in [9.17, 15) is 9.59 Å². The van der Waals surface area contributed by atoms with Crippen LogP contribution in [0.2, 0.25) is 0 Å². The average Bonchev–Trinajstić information content (AvgIpc) is 2.78. The van der Waals surface area contributed by atoms with Crippen molar-refractivity contribution in [1.29, 1.82) is 5.41 Å². The van der Waals surface area contributed by atoms with Crippen LogP contribution in [-0.2, 0) is 4.74 Å². The molecule has 2 aromatic rings. The highest BCUT2D eigenvalue weighted by atomic mass is 79.9. The van der Waals surface area contributed by atoms with E-state index in [1.165, 1.54) is 6.20 Å². The quantitative estimate of drug-likeness (QED) is 0.274. The smallest absolute Gasteiger partial charge is 0.255 e. The van der Waals surface area contributed by atoms with Gasteiger partial charge in [0.15, 0.2) is 0 Å². The van der Waals surface area contributed by atoms with Crippen LogP contribution in [0.3, 0.4) is 0 Å². The molecule has 33 heavy (non-hydrogen) atoms. The number of morpholine rings is 1. The Labute approximate surface area is 212 Å². The second kappa shape index (κ2) is 11.7. The Morgan fingerprint density at radius 1 is 1.18 bits per heavy atom. The topological polar surface area (TPSA) is 120 Å². The molecule has 0 bridgehead atoms. The van der Waals surface area contributed by atoms with Crippen molar-refractivity contribution in [3.05, 3.63) is 56.6 Å². The number of nitrogens with zero attached hydrogens (tertiary/aromatic N) is 3. The van der Waals surface area contributed by atoms with E-state index in [0.29, 0.717) is 43.2 Å². The zero-order valence-corrected chi connectivity index (χ0v) is 21.5. The van der Waals surface area contributed by atoms with Crippen molar-refractivity contribution >= 4 is 72.2 Å². The summed E-state index contributed by atoms with van der Waals surface area (Å²) in [7, 11) is 0. The van der Waals surface area contributed by atoms with Gasteiger partial charge in [0.1, 0.15) is 11.7 Å². The minimum Gasteiger partial charge on any atom is -0.378 e. The normalized spacial score (nSPS) is 15.0. The molecule has 1 saturated heterocycles. The lowest BCUT2D eigenvalue weighted by Crippen LogP contribution is -2.42. The molecule has 1 atom stereocenters. The number of ether oxygens (including phenoxy) is 1. The van der Waals surface area contributed by atoms with E-state index < -0.39 is 11.3 Å². The van der Waals surface area contributed by atoms with Gasteiger partial charge in [-0.25, -0.2) is 9.98 Å². The molecule has 0 spiro atoms. The number of aromatic nitrogens is 1. The highest BCUT2D eigenvalue weighted by Crippen LogP contribution is 2.20. The molecule has 1 unspecified atom stereocenters. The molecule has 1 aliphatic rings. The molecule has 2 amide bonds. The van der Waals surface area contributed by atoms with Crippen LogP contribution in [0.25, 0.3) is 0 Å². The second-order valence-corrected chi connectivity index (χ2v) is 9.29. The Kier molecular flexibility index (Phi) is 8.95. The van der Waals surface area contributed by atoms with Crippen LogP contribution in [0.4, 0.5) is 5.82 Å². The first-order valence-electron chi connectivity index (χ1n) is 9.92. The molecule has 0 radical (unpaired) electrons. The van der Waals surface area contributed by atoms with Crippen molar-refractivity contribution in [2.45, 2.75) is 13.0 Å². The third-order valence-electron chi connectivity index (χ3n) is 4.67. The first kappa shape index (κ1) is 25.3. The van der Waals surface area contributed by atoms with Gasteiger partial charge in [-0.3, -0.25) is 15.0 Å². The second-order valence-electron chi connectivity index (χ2n) is 7.10. The van der Waals surface area contributed by atoms with Crippen molar-refractivity contribution < 1.29 is 14.3 Å². The Balaban J connectivity index is 1.70. The number of carbonyl (C=O) groups excluding carboxylic acids is 2. The summed E-state index contributed by atoms with van der Waals surface area (Å²) in [5.41, 5.74) is 0.889. The first-order chi connectivity index (χ1) is 15.7. The van der Waals surface area contributed by atoms with Gasteiger partial charge in [0.2, 0.25) is 5.29 Å². The third-order valence-corrected chi connectivity index (χ3v) is 5.67. The number of aliphatic imine (C=N–C) groups is 1. The summed E-state index contributed by atoms with van der Waals surface area (Å²) in [5, 5.41) is 12.9. The molecule has 3 rings (SSSR count). The fourth-order valence-electron chi connectivity index (χ4n) is 3.05. The largest absolute Gasteiger partial charge is 0.378 e. The number of nitrogens with one attached hydrogen (secondary N) is 3. The van der Waals surface area contributed by atoms with Crippen molar-refractivity contribution in [2.75, 3.05) is 31.6 Å². The molecule has 3 N–H and O–H groups in total. The van der Waals surface area contributed by atoms with E-state index in [0.717, 1.165) is 8.95 Å². The molecule has 0 saturated carbocycles. The van der Waals surface area contributed by atoms with Gasteiger partial charge < -0.3 is 20.3 Å². The summed E-state index contributed by atoms with van der Waals surface area (Å²) >= 11 is 12.4. The van der Waals surface area contributed by atoms with Crippen molar-refractivity contribution in [1.82, 2.24) is 15.2 Å². The SMILES string of the molecule is CC(NC(=O)c1cc(Br)cc(Br)c1)/C(=N/C(=N)Cl)Nc1ccc(C(=O)N2CCOCC2)cn1. The molecule has 1 aromatic heterocycles. The standard InChI is InChI=1S/C21H21Br2ClN6O3/c1-12(27-19(31)14-8-15(22)10-16(23)9-14)18(29-21(24)25)28-17-3-2-13(11-26-17)20(32)30-4-6-33-7-5-30/h2-3,8-12H,4-7H2,1H3,(H,27,31)(H2,25,26,28,29). The van der Waals surface area contributed by atoms with E-state index in [4.69, 9.17) is 21.7 Å². The van der Waals surface area contributed by atoms with Crippen molar-refractivity contribution in [2.24, 2.45) is 4.99 Å². The van der Waals surface area contributed by atoms with E-state index in [2.05, 4.69) is 52.5 Å². The van der Waals surface area contributed by atoms with E-state index >= 15 is 0 Å². The minimum absolute atomic E-state index is 0.116. The summed E-state index contributed by atoms with van der Waals surface area (Å²) in [6.07, 6.45) is 1.46. The lowest BCUT2D eigenvalue weighted by atomic mass is 10.2. The monoisotopic (exact) mass is 598 g/mol. The van der Waals surface area contributed by atoms with Crippen LogP contribution >= 0.6 is 43.5 Å². The Morgan fingerprint density at radius 3 is 2.42 bits per heavy atom. The van der Waals surface area contributed by atoms with Gasteiger partial charge in [-0.15, -0.1) is 0 Å². The van der Waals surface area contributed by atoms with Gasteiger partial charge in [0.05, 0.1) is 24.8 Å². The minimum atomic E-state index is -0.620. The van der Waals surface area contributed by atoms with E-state index in [1.807, 2.05) is 6.07 Å². The highest BCUT2D eigenvalue weighted by molar-refractivity contribution is 9.11. The number of hydrogen-bond donors (Lipinski definition) is 3. The summed E-state index contributed by atoms with van der Waals surface area (Å²) < 4.78 is 6.77. The summed E-state index contributed by atoms with van der Waals surface area (Å²) in [4.78, 5) is 35.2. The molecular formula is C21H21Br2ClN6O3. The maximum Gasteiger partial charge on any atom is 0.255 e. The zero-order valence-electron chi connectivity index (χ0n) is 17.6. The summed E-state index contributed by atoms with van der Waals surface area (Å²) in [6, 6.07) is 7.85. The number of hydrogen-bond acceptors (Lipinski definition) is 5. The van der Waals surface area contributed by atoms with E-state index in [1.54, 1.807) is 36.1 Å². The highest BCUT2D eigenvalue weighted by Gasteiger charge is 2.20. The first-order valence-corrected chi connectivity index (χ1v) is 11.9. The van der Waals surface area contributed by atoms with Crippen LogP contribution in [0.5, 0.6) is 0 Å². The van der Waals surface area contributed by atoms with Gasteiger partial charge >= 0.3 is 0 Å². The van der Waals surface area contributed by atoms with Crippen LogP contribution in [-0.4, -0.2) is 65.2 Å². The molecular weight excluding hydrogens is 580 g/mol. The van der Waals surface area contributed by atoms with E-state index in [-0.39, 0.29) is 17.6 Å². The predicted molar refractivity (Wildman–Crippen MR) is 134 cm³/mol. The predicted octanol–water partition coefficient (Wildman–Crippen LogP) is 3.88. The van der Waals surface area contributed by atoms with Gasteiger partial charge in [-0.1, -0.05) is 31.9 Å². The molecule has 0 aliphatic carbocycles. The number of anilines is 1. The maximum absolute atomic E-state index is 12.7. The van der Waals surface area contributed by atoms with Crippen molar-refractivity contribution in [3.63, 3.8) is 0 Å². The number of benzene rings is 1. The molecule has 2 heterocycles. The molecule has 1 aliphatic heterocycles. The van der Waals surface area contributed by atoms with Gasteiger partial charge in [0, 0.05) is 33.8 Å². The summed E-state index contributed by atoms with van der Waals surface area (Å²) in [5.74, 6) is 0.155. The molecule has 174 valence electrons. The zero-order chi connectivity index (χ0) is 24.0. The number of rotatable bonds is 5. The Hall–Kier alpha value is -2.34. The van der Waals surface area contributed by atoms with Crippen molar-refractivity contribution in [3.8, 4) is 0 Å². The number of carbonyl (C=O) groups is 2. The van der Waals surface area contributed by atoms with Crippen LogP contribution in [0.1, 0.15) is 27.6 Å². The van der Waals surface area contributed by atoms with Crippen LogP contribution < -0.4 is 10.6 Å². The van der Waals surface area contributed by atoms with Gasteiger partial charge in [0.25, 0.3) is 11.8 Å². The van der Waals surface area contributed by atoms with Crippen LogP contribution in [0.15, 0.2) is 50.5 Å². The maximum atomic E-state index is 12.7.